The lowest BCUT2D eigenvalue weighted by Crippen LogP contribution is -2.36. The van der Waals surface area contributed by atoms with Gasteiger partial charge in [0, 0.05) is 29.8 Å². The van der Waals surface area contributed by atoms with Crippen LogP contribution in [0.15, 0.2) is 39.8 Å². The molecule has 7 heteroatoms. The van der Waals surface area contributed by atoms with Gasteiger partial charge in [0.2, 0.25) is 0 Å². The van der Waals surface area contributed by atoms with Crippen LogP contribution in [0.1, 0.15) is 5.56 Å². The van der Waals surface area contributed by atoms with E-state index in [-0.39, 0.29) is 0 Å². The van der Waals surface area contributed by atoms with E-state index in [1.807, 2.05) is 18.4 Å². The van der Waals surface area contributed by atoms with Crippen LogP contribution in [0.3, 0.4) is 0 Å². The molecule has 1 saturated heterocycles. The van der Waals surface area contributed by atoms with Gasteiger partial charge >= 0.3 is 0 Å². The number of morpholine rings is 1. The molecule has 5 nitrogen and oxygen atoms in total. The Morgan fingerprint density at radius 2 is 2.04 bits per heavy atom. The average molecular weight is 395 g/mol. The highest BCUT2D eigenvalue weighted by Crippen LogP contribution is 2.26. The fourth-order valence-corrected chi connectivity index (χ4v) is 3.17. The van der Waals surface area contributed by atoms with Gasteiger partial charge in [-0.15, -0.1) is 22.0 Å². The molecule has 0 atom stereocenters. The number of benzene rings is 1. The van der Waals surface area contributed by atoms with Crippen LogP contribution in [0.2, 0.25) is 0 Å². The van der Waals surface area contributed by atoms with Crippen molar-refractivity contribution in [3.05, 3.63) is 40.4 Å². The van der Waals surface area contributed by atoms with Gasteiger partial charge in [0.25, 0.3) is 0 Å². The van der Waals surface area contributed by atoms with Gasteiger partial charge in [0.15, 0.2) is 0 Å². The molecule has 0 radical (unpaired) electrons. The van der Waals surface area contributed by atoms with Crippen molar-refractivity contribution in [1.29, 1.82) is 0 Å². The maximum Gasteiger partial charge on any atom is 0.148 e. The van der Waals surface area contributed by atoms with Gasteiger partial charge in [-0.3, -0.25) is 0 Å². The van der Waals surface area contributed by atoms with Crippen LogP contribution in [0.5, 0.6) is 0 Å². The molecule has 0 amide bonds. The zero-order valence-corrected chi connectivity index (χ0v) is 15.4. The Morgan fingerprint density at radius 1 is 1.22 bits per heavy atom. The van der Waals surface area contributed by atoms with Crippen molar-refractivity contribution in [1.82, 2.24) is 10.2 Å². The maximum atomic E-state index is 5.45. The highest BCUT2D eigenvalue weighted by Gasteiger charge is 2.15. The standard InChI is InChI=1S/C16H19BrN4OS/c1-23-16-5-4-15(19-20-16)18-11-12-2-3-13(17)10-14(12)21-6-8-22-9-7-21/h2-5,10H,6-9,11H2,1H3,(H,18,19). The quantitative estimate of drug-likeness (QED) is 0.784. The summed E-state index contributed by atoms with van der Waals surface area (Å²) in [7, 11) is 0. The van der Waals surface area contributed by atoms with Gasteiger partial charge in [-0.25, -0.2) is 0 Å². The molecule has 23 heavy (non-hydrogen) atoms. The molecule has 1 N–H and O–H groups in total. The van der Waals surface area contributed by atoms with Crippen molar-refractivity contribution in [2.24, 2.45) is 0 Å². The van der Waals surface area contributed by atoms with Crippen LogP contribution in [-0.4, -0.2) is 42.8 Å². The first kappa shape index (κ1) is 16.5. The summed E-state index contributed by atoms with van der Waals surface area (Å²) in [4.78, 5) is 2.37. The number of nitrogens with zero attached hydrogens (tertiary/aromatic N) is 3. The van der Waals surface area contributed by atoms with Crippen LogP contribution >= 0.6 is 27.7 Å². The van der Waals surface area contributed by atoms with E-state index in [2.05, 4.69) is 54.5 Å². The number of rotatable bonds is 5. The molecule has 0 unspecified atom stereocenters. The minimum atomic E-state index is 0.716. The second kappa shape index (κ2) is 7.99. The predicted octanol–water partition coefficient (Wildman–Crippen LogP) is 3.41. The van der Waals surface area contributed by atoms with Gasteiger partial charge in [0.05, 0.1) is 13.2 Å². The molecule has 1 aromatic carbocycles. The molecule has 3 rings (SSSR count). The van der Waals surface area contributed by atoms with Crippen LogP contribution < -0.4 is 10.2 Å². The van der Waals surface area contributed by atoms with E-state index in [0.29, 0.717) is 6.54 Å². The van der Waals surface area contributed by atoms with Crippen molar-refractivity contribution < 1.29 is 4.74 Å². The number of aromatic nitrogens is 2. The molecule has 2 aromatic rings. The van der Waals surface area contributed by atoms with Crippen LogP contribution in [0.25, 0.3) is 0 Å². The summed E-state index contributed by atoms with van der Waals surface area (Å²) in [5.74, 6) is 0.790. The number of hydrogen-bond donors (Lipinski definition) is 1. The van der Waals surface area contributed by atoms with Crippen LogP contribution in [-0.2, 0) is 11.3 Å². The van der Waals surface area contributed by atoms with E-state index in [9.17, 15) is 0 Å². The second-order valence-electron chi connectivity index (χ2n) is 5.19. The van der Waals surface area contributed by atoms with E-state index in [1.54, 1.807) is 11.8 Å². The number of thioether (sulfide) groups is 1. The number of halogens is 1. The maximum absolute atomic E-state index is 5.45. The zero-order chi connectivity index (χ0) is 16.1. The lowest BCUT2D eigenvalue weighted by atomic mass is 10.1. The molecule has 0 aliphatic carbocycles. The minimum absolute atomic E-state index is 0.716. The Morgan fingerprint density at radius 3 is 2.74 bits per heavy atom. The second-order valence-corrected chi connectivity index (χ2v) is 6.93. The normalized spacial score (nSPS) is 14.8. The molecule has 1 aliphatic rings. The van der Waals surface area contributed by atoms with Gasteiger partial charge in [-0.05, 0) is 36.1 Å². The average Bonchev–Trinajstić information content (AvgIpc) is 2.62. The molecule has 122 valence electrons. The summed E-state index contributed by atoms with van der Waals surface area (Å²) < 4.78 is 6.54. The number of hydrogen-bond acceptors (Lipinski definition) is 6. The molecular weight excluding hydrogens is 376 g/mol. The molecule has 1 aliphatic heterocycles. The number of ether oxygens (including phenoxy) is 1. The molecule has 0 spiro atoms. The summed E-state index contributed by atoms with van der Waals surface area (Å²) in [6.45, 7) is 4.12. The third-order valence-electron chi connectivity index (χ3n) is 3.71. The van der Waals surface area contributed by atoms with Crippen LogP contribution in [0.4, 0.5) is 11.5 Å². The largest absolute Gasteiger partial charge is 0.378 e. The van der Waals surface area contributed by atoms with Gasteiger partial charge in [0.1, 0.15) is 10.8 Å². The van der Waals surface area contributed by atoms with E-state index in [1.165, 1.54) is 11.3 Å². The van der Waals surface area contributed by atoms with Crippen molar-refractivity contribution in [2.45, 2.75) is 11.6 Å². The molecular formula is C16H19BrN4OS. The number of nitrogens with one attached hydrogen (secondary N) is 1. The van der Waals surface area contributed by atoms with E-state index in [0.717, 1.165) is 41.6 Å². The highest BCUT2D eigenvalue weighted by molar-refractivity contribution is 9.10. The van der Waals surface area contributed by atoms with E-state index >= 15 is 0 Å². The van der Waals surface area contributed by atoms with Crippen molar-refractivity contribution in [2.75, 3.05) is 42.8 Å². The van der Waals surface area contributed by atoms with E-state index in [4.69, 9.17) is 4.74 Å². The molecule has 0 bridgehead atoms. The fraction of sp³-hybridized carbons (Fsp3) is 0.375. The molecule has 1 aromatic heterocycles. The van der Waals surface area contributed by atoms with Crippen molar-refractivity contribution in [3.8, 4) is 0 Å². The number of anilines is 2. The highest BCUT2D eigenvalue weighted by atomic mass is 79.9. The first-order valence-electron chi connectivity index (χ1n) is 7.49. The first-order valence-corrected chi connectivity index (χ1v) is 9.51. The summed E-state index contributed by atoms with van der Waals surface area (Å²) in [6.07, 6.45) is 1.99. The minimum Gasteiger partial charge on any atom is -0.378 e. The Hall–Kier alpha value is -1.31. The summed E-state index contributed by atoms with van der Waals surface area (Å²) in [6, 6.07) is 10.3. The third kappa shape index (κ3) is 4.37. The van der Waals surface area contributed by atoms with Crippen molar-refractivity contribution >= 4 is 39.2 Å². The van der Waals surface area contributed by atoms with Crippen LogP contribution in [0, 0.1) is 0 Å². The lowest BCUT2D eigenvalue weighted by Gasteiger charge is -2.31. The third-order valence-corrected chi connectivity index (χ3v) is 4.84. The molecule has 0 saturated carbocycles. The smallest absolute Gasteiger partial charge is 0.148 e. The monoisotopic (exact) mass is 394 g/mol. The van der Waals surface area contributed by atoms with Gasteiger partial charge < -0.3 is 15.0 Å². The van der Waals surface area contributed by atoms with Gasteiger partial charge in [-0.1, -0.05) is 22.0 Å². The Kier molecular flexibility index (Phi) is 5.75. The SMILES string of the molecule is CSc1ccc(NCc2ccc(Br)cc2N2CCOCC2)nn1. The zero-order valence-electron chi connectivity index (χ0n) is 13.0. The molecule has 1 fully saturated rings. The summed E-state index contributed by atoms with van der Waals surface area (Å²) in [5, 5.41) is 12.6. The fourth-order valence-electron chi connectivity index (χ4n) is 2.49. The Bertz CT molecular complexity index is 647. The predicted molar refractivity (Wildman–Crippen MR) is 98.3 cm³/mol. The topological polar surface area (TPSA) is 50.3 Å². The lowest BCUT2D eigenvalue weighted by molar-refractivity contribution is 0.122. The first-order chi connectivity index (χ1) is 11.3. The summed E-state index contributed by atoms with van der Waals surface area (Å²) in [5.41, 5.74) is 2.48. The van der Waals surface area contributed by atoms with E-state index < -0.39 is 0 Å². The molecule has 2 heterocycles. The van der Waals surface area contributed by atoms with Crippen molar-refractivity contribution in [3.63, 3.8) is 0 Å². The Balaban J connectivity index is 1.73. The summed E-state index contributed by atoms with van der Waals surface area (Å²) >= 11 is 5.16. The van der Waals surface area contributed by atoms with Gasteiger partial charge in [-0.2, -0.15) is 0 Å². The Labute approximate surface area is 148 Å².